The Morgan fingerprint density at radius 1 is 1.04 bits per heavy atom. The number of hydrogen-bond donors (Lipinski definition) is 1. The van der Waals surface area contributed by atoms with Gasteiger partial charge in [-0.25, -0.2) is 13.1 Å². The Balaban J connectivity index is 1.67. The highest BCUT2D eigenvalue weighted by Gasteiger charge is 2.34. The zero-order valence-electron chi connectivity index (χ0n) is 13.5. The van der Waals surface area contributed by atoms with Gasteiger partial charge >= 0.3 is 0 Å². The first-order valence-electron chi connectivity index (χ1n) is 7.93. The third-order valence-electron chi connectivity index (χ3n) is 4.36. The maximum Gasteiger partial charge on any atom is 0.264 e. The smallest absolute Gasteiger partial charge is 0.264 e. The molecule has 1 aliphatic rings. The lowest BCUT2D eigenvalue weighted by molar-refractivity contribution is -0.120. The maximum absolute atomic E-state index is 12.8. The summed E-state index contributed by atoms with van der Waals surface area (Å²) in [4.78, 5) is 12.7. The summed E-state index contributed by atoms with van der Waals surface area (Å²) in [7, 11) is -4.02. The topological polar surface area (TPSA) is 72.5 Å². The van der Waals surface area contributed by atoms with E-state index in [0.29, 0.717) is 21.7 Å². The number of ether oxygens (including phenoxy) is 1. The van der Waals surface area contributed by atoms with Crippen LogP contribution in [0, 0.1) is 0 Å². The van der Waals surface area contributed by atoms with Crippen LogP contribution in [0.2, 0.25) is 5.02 Å². The summed E-state index contributed by atoms with van der Waals surface area (Å²) >= 11 is 6.06. The minimum atomic E-state index is -4.02. The summed E-state index contributed by atoms with van der Waals surface area (Å²) in [6.07, 6.45) is 0. The van der Waals surface area contributed by atoms with Crippen LogP contribution in [0.15, 0.2) is 65.6 Å². The highest BCUT2D eigenvalue weighted by atomic mass is 35.5. The van der Waals surface area contributed by atoms with Crippen molar-refractivity contribution in [1.82, 2.24) is 4.72 Å². The van der Waals surface area contributed by atoms with Crippen LogP contribution in [0.3, 0.4) is 0 Å². The molecule has 1 unspecified atom stereocenters. The molecule has 1 heterocycles. The first-order chi connectivity index (χ1) is 12.5. The van der Waals surface area contributed by atoms with Gasteiger partial charge in [0.05, 0.1) is 9.92 Å². The van der Waals surface area contributed by atoms with Crippen molar-refractivity contribution < 1.29 is 17.9 Å². The Morgan fingerprint density at radius 3 is 2.62 bits per heavy atom. The van der Waals surface area contributed by atoms with Crippen molar-refractivity contribution in [3.63, 3.8) is 0 Å². The fraction of sp³-hybridized carbons (Fsp3) is 0.105. The van der Waals surface area contributed by atoms with Crippen molar-refractivity contribution in [3.8, 4) is 5.75 Å². The van der Waals surface area contributed by atoms with Crippen LogP contribution in [0.5, 0.6) is 5.75 Å². The second-order valence-electron chi connectivity index (χ2n) is 5.97. The van der Waals surface area contributed by atoms with Crippen molar-refractivity contribution in [1.29, 1.82) is 0 Å². The zero-order valence-corrected chi connectivity index (χ0v) is 15.0. The standard InChI is InChI=1S/C19H14ClNO4S/c20-16-9-4-8-14-15(11-25-18(14)16)19(22)21-26(23,24)17-10-3-6-12-5-1-2-7-13(12)17/h1-10,15H,11H2,(H,21,22). The van der Waals surface area contributed by atoms with E-state index in [1.165, 1.54) is 6.07 Å². The van der Waals surface area contributed by atoms with Gasteiger partial charge in [0, 0.05) is 10.9 Å². The largest absolute Gasteiger partial charge is 0.491 e. The fourth-order valence-electron chi connectivity index (χ4n) is 3.11. The molecule has 7 heteroatoms. The van der Waals surface area contributed by atoms with Crippen LogP contribution in [-0.4, -0.2) is 20.9 Å². The second kappa shape index (κ2) is 6.30. The van der Waals surface area contributed by atoms with Gasteiger partial charge in [0.1, 0.15) is 18.3 Å². The molecule has 5 nitrogen and oxygen atoms in total. The first-order valence-corrected chi connectivity index (χ1v) is 9.79. The normalized spacial score (nSPS) is 16.1. The Hall–Kier alpha value is -2.57. The Morgan fingerprint density at radius 2 is 1.77 bits per heavy atom. The van der Waals surface area contributed by atoms with E-state index in [1.807, 2.05) is 18.2 Å². The molecule has 3 aromatic carbocycles. The summed E-state index contributed by atoms with van der Waals surface area (Å²) in [6, 6.07) is 17.1. The summed E-state index contributed by atoms with van der Waals surface area (Å²) < 4.78 is 33.2. The van der Waals surface area contributed by atoms with E-state index in [1.54, 1.807) is 36.4 Å². The van der Waals surface area contributed by atoms with E-state index in [9.17, 15) is 13.2 Å². The Kier molecular flexibility index (Phi) is 4.09. The van der Waals surface area contributed by atoms with Gasteiger partial charge in [0.2, 0.25) is 5.91 Å². The molecule has 0 spiro atoms. The summed E-state index contributed by atoms with van der Waals surface area (Å²) in [5, 5.41) is 1.74. The lowest BCUT2D eigenvalue weighted by Gasteiger charge is -2.12. The lowest BCUT2D eigenvalue weighted by atomic mass is 10.0. The number of halogens is 1. The molecule has 1 aliphatic heterocycles. The Labute approximate surface area is 155 Å². The predicted octanol–water partition coefficient (Wildman–Crippen LogP) is 3.47. The van der Waals surface area contributed by atoms with E-state index in [4.69, 9.17) is 16.3 Å². The average Bonchev–Trinajstić information content (AvgIpc) is 3.06. The number of benzene rings is 3. The van der Waals surface area contributed by atoms with Gasteiger partial charge < -0.3 is 4.74 Å². The van der Waals surface area contributed by atoms with E-state index >= 15 is 0 Å². The second-order valence-corrected chi connectivity index (χ2v) is 8.03. The van der Waals surface area contributed by atoms with Gasteiger partial charge in [-0.15, -0.1) is 0 Å². The van der Waals surface area contributed by atoms with Crippen molar-refractivity contribution in [2.24, 2.45) is 0 Å². The average molecular weight is 388 g/mol. The maximum atomic E-state index is 12.8. The van der Waals surface area contributed by atoms with E-state index < -0.39 is 21.8 Å². The molecular weight excluding hydrogens is 374 g/mol. The molecule has 3 aromatic rings. The third kappa shape index (κ3) is 2.81. The predicted molar refractivity (Wildman–Crippen MR) is 99.0 cm³/mol. The molecule has 132 valence electrons. The minimum Gasteiger partial charge on any atom is -0.491 e. The molecule has 0 aromatic heterocycles. The van der Waals surface area contributed by atoms with Gasteiger partial charge in [-0.2, -0.15) is 0 Å². The molecule has 0 bridgehead atoms. The highest BCUT2D eigenvalue weighted by molar-refractivity contribution is 7.90. The first kappa shape index (κ1) is 16.9. The third-order valence-corrected chi connectivity index (χ3v) is 6.06. The van der Waals surface area contributed by atoms with Gasteiger partial charge in [0.25, 0.3) is 10.0 Å². The number of nitrogens with one attached hydrogen (secondary N) is 1. The fourth-order valence-corrected chi connectivity index (χ4v) is 4.60. The monoisotopic (exact) mass is 387 g/mol. The van der Waals surface area contributed by atoms with Crippen LogP contribution in [0.4, 0.5) is 0 Å². The number of rotatable bonds is 3. The number of hydrogen-bond acceptors (Lipinski definition) is 4. The van der Waals surface area contributed by atoms with Gasteiger partial charge in [0.15, 0.2) is 0 Å². The summed E-state index contributed by atoms with van der Waals surface area (Å²) in [6.45, 7) is 0.0515. The molecule has 0 saturated carbocycles. The van der Waals surface area contributed by atoms with Crippen LogP contribution < -0.4 is 9.46 Å². The van der Waals surface area contributed by atoms with E-state index in [-0.39, 0.29) is 11.5 Å². The number of amides is 1. The molecule has 0 aliphatic carbocycles. The number of fused-ring (bicyclic) bond motifs is 2. The van der Waals surface area contributed by atoms with Crippen molar-refractivity contribution in [2.45, 2.75) is 10.8 Å². The van der Waals surface area contributed by atoms with Crippen LogP contribution in [0.25, 0.3) is 10.8 Å². The molecule has 0 saturated heterocycles. The van der Waals surface area contributed by atoms with Gasteiger partial charge in [-0.3, -0.25) is 4.79 Å². The number of sulfonamides is 1. The molecule has 1 atom stereocenters. The molecule has 0 radical (unpaired) electrons. The van der Waals surface area contributed by atoms with Gasteiger partial charge in [-0.05, 0) is 17.5 Å². The zero-order chi connectivity index (χ0) is 18.3. The van der Waals surface area contributed by atoms with Crippen molar-refractivity contribution >= 4 is 38.3 Å². The minimum absolute atomic E-state index is 0.0515. The summed E-state index contributed by atoms with van der Waals surface area (Å²) in [5.41, 5.74) is 0.586. The SMILES string of the molecule is O=C(NS(=O)(=O)c1cccc2ccccc12)C1COc2c(Cl)cccc21. The Bertz CT molecular complexity index is 1120. The molecule has 1 amide bonds. The molecule has 4 rings (SSSR count). The molecule has 0 fully saturated rings. The van der Waals surface area contributed by atoms with Crippen molar-refractivity contribution in [2.75, 3.05) is 6.61 Å². The molecule has 26 heavy (non-hydrogen) atoms. The quantitative estimate of drug-likeness (QED) is 0.746. The number of carbonyl (C=O) groups is 1. The molecular formula is C19H14ClNO4S. The molecule has 1 N–H and O–H groups in total. The van der Waals surface area contributed by atoms with Crippen LogP contribution >= 0.6 is 11.6 Å². The van der Waals surface area contributed by atoms with Crippen molar-refractivity contribution in [3.05, 3.63) is 71.2 Å². The van der Waals surface area contributed by atoms with E-state index in [2.05, 4.69) is 4.72 Å². The highest BCUT2D eigenvalue weighted by Crippen LogP contribution is 2.39. The van der Waals surface area contributed by atoms with Crippen LogP contribution in [0.1, 0.15) is 11.5 Å². The number of para-hydroxylation sites is 1. The number of carbonyl (C=O) groups excluding carboxylic acids is 1. The van der Waals surface area contributed by atoms with Crippen LogP contribution in [-0.2, 0) is 14.8 Å². The van der Waals surface area contributed by atoms with E-state index in [0.717, 1.165) is 5.39 Å². The summed E-state index contributed by atoms with van der Waals surface area (Å²) in [5.74, 6) is -0.940. The lowest BCUT2D eigenvalue weighted by Crippen LogP contribution is -2.35. The van der Waals surface area contributed by atoms with Gasteiger partial charge in [-0.1, -0.05) is 60.1 Å².